The van der Waals surface area contributed by atoms with Gasteiger partial charge in [0.25, 0.3) is 0 Å². The third-order valence-corrected chi connectivity index (χ3v) is 3.11. The number of carbonyl (C=O) groups is 1. The minimum absolute atomic E-state index is 0.0110. The molecule has 0 saturated heterocycles. The summed E-state index contributed by atoms with van der Waals surface area (Å²) in [5.74, 6) is 0.0110. The molecule has 0 atom stereocenters. The smallest absolute Gasteiger partial charge is 0.185 e. The molecule has 0 aromatic heterocycles. The Morgan fingerprint density at radius 3 is 2.50 bits per heavy atom. The van der Waals surface area contributed by atoms with Gasteiger partial charge in [0.15, 0.2) is 5.78 Å². The van der Waals surface area contributed by atoms with Crippen molar-refractivity contribution in [3.8, 4) is 0 Å². The maximum Gasteiger partial charge on any atom is 0.185 e. The number of ketones is 1. The minimum atomic E-state index is 0.0110. The molecular weight excluding hydrogens is 288 g/mol. The number of benzene rings is 2. The Bertz CT molecular complexity index is 582. The van der Waals surface area contributed by atoms with E-state index in [1.807, 2.05) is 61.5 Å². The average Bonchev–Trinajstić information content (AvgIpc) is 2.38. The molecule has 0 unspecified atom stereocenters. The van der Waals surface area contributed by atoms with Crippen LogP contribution in [0.15, 0.2) is 59.1 Å². The molecule has 90 valence electrons. The summed E-state index contributed by atoms with van der Waals surface area (Å²) in [6.07, 6.45) is 3.44. The van der Waals surface area contributed by atoms with Crippen molar-refractivity contribution in [3.05, 3.63) is 75.8 Å². The van der Waals surface area contributed by atoms with Crippen LogP contribution in [0.5, 0.6) is 0 Å². The van der Waals surface area contributed by atoms with Crippen LogP contribution in [0.25, 0.3) is 6.08 Å². The number of halogens is 1. The summed E-state index contributed by atoms with van der Waals surface area (Å²) in [6.45, 7) is 2.04. The Labute approximate surface area is 115 Å². The summed E-state index contributed by atoms with van der Waals surface area (Å²) in [6, 6.07) is 15.5. The van der Waals surface area contributed by atoms with Gasteiger partial charge in [-0.2, -0.15) is 0 Å². The standard InChI is InChI=1S/C16H13BrO/c1-12-5-7-13(8-6-12)9-10-16(18)14-3-2-4-15(17)11-14/h2-11H,1H3. The van der Waals surface area contributed by atoms with Crippen molar-refractivity contribution in [2.75, 3.05) is 0 Å². The van der Waals surface area contributed by atoms with Crippen molar-refractivity contribution in [2.45, 2.75) is 6.92 Å². The first-order valence-corrected chi connectivity index (χ1v) is 6.49. The van der Waals surface area contributed by atoms with E-state index in [4.69, 9.17) is 0 Å². The molecule has 2 aromatic carbocycles. The number of carbonyl (C=O) groups excluding carboxylic acids is 1. The van der Waals surface area contributed by atoms with Gasteiger partial charge in [-0.1, -0.05) is 64.0 Å². The SMILES string of the molecule is Cc1ccc(C=CC(=O)c2cccc(Br)c2)cc1. The van der Waals surface area contributed by atoms with Crippen molar-refractivity contribution in [3.63, 3.8) is 0 Å². The summed E-state index contributed by atoms with van der Waals surface area (Å²) in [5.41, 5.74) is 2.93. The highest BCUT2D eigenvalue weighted by molar-refractivity contribution is 9.10. The predicted molar refractivity (Wildman–Crippen MR) is 78.7 cm³/mol. The van der Waals surface area contributed by atoms with Crippen LogP contribution in [-0.4, -0.2) is 5.78 Å². The zero-order valence-electron chi connectivity index (χ0n) is 10.1. The second kappa shape index (κ2) is 5.78. The van der Waals surface area contributed by atoms with Crippen molar-refractivity contribution in [1.29, 1.82) is 0 Å². The molecule has 0 amide bonds. The molecule has 2 aromatic rings. The van der Waals surface area contributed by atoms with Gasteiger partial charge in [0, 0.05) is 10.0 Å². The number of hydrogen-bond acceptors (Lipinski definition) is 1. The molecule has 2 rings (SSSR count). The summed E-state index contributed by atoms with van der Waals surface area (Å²) in [7, 11) is 0. The van der Waals surface area contributed by atoms with Gasteiger partial charge in [-0.3, -0.25) is 4.79 Å². The first-order chi connectivity index (χ1) is 8.65. The first-order valence-electron chi connectivity index (χ1n) is 5.70. The molecular formula is C16H13BrO. The second-order valence-electron chi connectivity index (χ2n) is 4.12. The highest BCUT2D eigenvalue weighted by Crippen LogP contribution is 2.13. The van der Waals surface area contributed by atoms with Crippen molar-refractivity contribution >= 4 is 27.8 Å². The van der Waals surface area contributed by atoms with E-state index in [1.54, 1.807) is 6.08 Å². The van der Waals surface area contributed by atoms with E-state index < -0.39 is 0 Å². The van der Waals surface area contributed by atoms with Crippen LogP contribution in [0.3, 0.4) is 0 Å². The molecule has 0 bridgehead atoms. The first kappa shape index (κ1) is 12.8. The van der Waals surface area contributed by atoms with Crippen LogP contribution in [0, 0.1) is 6.92 Å². The highest BCUT2D eigenvalue weighted by atomic mass is 79.9. The topological polar surface area (TPSA) is 17.1 Å². The number of allylic oxidation sites excluding steroid dienone is 1. The van der Waals surface area contributed by atoms with Crippen LogP contribution in [0.4, 0.5) is 0 Å². The Kier molecular flexibility index (Phi) is 4.11. The third kappa shape index (κ3) is 3.41. The van der Waals surface area contributed by atoms with Crippen LogP contribution in [-0.2, 0) is 0 Å². The molecule has 18 heavy (non-hydrogen) atoms. The van der Waals surface area contributed by atoms with E-state index in [1.165, 1.54) is 5.56 Å². The van der Waals surface area contributed by atoms with Crippen molar-refractivity contribution < 1.29 is 4.79 Å². The van der Waals surface area contributed by atoms with Gasteiger partial charge in [0.1, 0.15) is 0 Å². The van der Waals surface area contributed by atoms with E-state index in [0.29, 0.717) is 5.56 Å². The van der Waals surface area contributed by atoms with Crippen LogP contribution < -0.4 is 0 Å². The molecule has 2 heteroatoms. The lowest BCUT2D eigenvalue weighted by Crippen LogP contribution is -1.93. The van der Waals surface area contributed by atoms with Gasteiger partial charge in [-0.15, -0.1) is 0 Å². The van der Waals surface area contributed by atoms with E-state index in [0.717, 1.165) is 10.0 Å². The van der Waals surface area contributed by atoms with E-state index in [-0.39, 0.29) is 5.78 Å². The largest absolute Gasteiger partial charge is 0.289 e. The number of hydrogen-bond donors (Lipinski definition) is 0. The van der Waals surface area contributed by atoms with Crippen LogP contribution in [0.2, 0.25) is 0 Å². The lowest BCUT2D eigenvalue weighted by Gasteiger charge is -1.97. The molecule has 0 spiro atoms. The van der Waals surface area contributed by atoms with Crippen LogP contribution in [0.1, 0.15) is 21.5 Å². The molecule has 0 aliphatic rings. The monoisotopic (exact) mass is 300 g/mol. The Hall–Kier alpha value is -1.67. The van der Waals surface area contributed by atoms with Gasteiger partial charge in [0.2, 0.25) is 0 Å². The molecule has 0 N–H and O–H groups in total. The zero-order valence-corrected chi connectivity index (χ0v) is 11.6. The van der Waals surface area contributed by atoms with E-state index in [9.17, 15) is 4.79 Å². The highest BCUT2D eigenvalue weighted by Gasteiger charge is 2.01. The number of rotatable bonds is 3. The summed E-state index contributed by atoms with van der Waals surface area (Å²) < 4.78 is 0.914. The van der Waals surface area contributed by atoms with Crippen LogP contribution >= 0.6 is 15.9 Å². The lowest BCUT2D eigenvalue weighted by molar-refractivity contribution is 0.104. The van der Waals surface area contributed by atoms with Gasteiger partial charge in [-0.25, -0.2) is 0 Å². The fourth-order valence-corrected chi connectivity index (χ4v) is 1.99. The summed E-state index contributed by atoms with van der Waals surface area (Å²) >= 11 is 3.36. The van der Waals surface area contributed by atoms with Crippen molar-refractivity contribution in [2.24, 2.45) is 0 Å². The Morgan fingerprint density at radius 2 is 1.83 bits per heavy atom. The lowest BCUT2D eigenvalue weighted by atomic mass is 10.1. The van der Waals surface area contributed by atoms with Gasteiger partial charge >= 0.3 is 0 Å². The molecule has 0 aliphatic carbocycles. The maximum absolute atomic E-state index is 11.9. The fourth-order valence-electron chi connectivity index (χ4n) is 1.59. The third-order valence-electron chi connectivity index (χ3n) is 2.61. The predicted octanol–water partition coefficient (Wildman–Crippen LogP) is 4.65. The van der Waals surface area contributed by atoms with E-state index >= 15 is 0 Å². The molecule has 1 nitrogen and oxygen atoms in total. The molecule has 0 saturated carbocycles. The fraction of sp³-hybridized carbons (Fsp3) is 0.0625. The van der Waals surface area contributed by atoms with E-state index in [2.05, 4.69) is 15.9 Å². The second-order valence-corrected chi connectivity index (χ2v) is 5.03. The quantitative estimate of drug-likeness (QED) is 0.595. The van der Waals surface area contributed by atoms with Gasteiger partial charge < -0.3 is 0 Å². The Balaban J connectivity index is 2.14. The van der Waals surface area contributed by atoms with Gasteiger partial charge in [-0.05, 0) is 30.7 Å². The van der Waals surface area contributed by atoms with Gasteiger partial charge in [0.05, 0.1) is 0 Å². The summed E-state index contributed by atoms with van der Waals surface area (Å²) in [4.78, 5) is 11.9. The molecule has 0 radical (unpaired) electrons. The van der Waals surface area contributed by atoms with Crippen molar-refractivity contribution in [1.82, 2.24) is 0 Å². The molecule has 0 fully saturated rings. The molecule has 0 heterocycles. The minimum Gasteiger partial charge on any atom is -0.289 e. The maximum atomic E-state index is 11.9. The normalized spacial score (nSPS) is 10.8. The Morgan fingerprint density at radius 1 is 1.11 bits per heavy atom. The zero-order chi connectivity index (χ0) is 13.0. The molecule has 0 aliphatic heterocycles. The number of aryl methyl sites for hydroxylation is 1. The average molecular weight is 301 g/mol. The summed E-state index contributed by atoms with van der Waals surface area (Å²) in [5, 5.41) is 0.